The molecule has 0 saturated carbocycles. The number of hydrogen-bond acceptors (Lipinski definition) is 4. The minimum absolute atomic E-state index is 0.0617. The lowest BCUT2D eigenvalue weighted by atomic mass is 9.92. The van der Waals surface area contributed by atoms with Gasteiger partial charge in [0.1, 0.15) is 6.54 Å². The summed E-state index contributed by atoms with van der Waals surface area (Å²) in [6.45, 7) is 0.383. The zero-order valence-electron chi connectivity index (χ0n) is 20.3. The summed E-state index contributed by atoms with van der Waals surface area (Å²) in [6.07, 6.45) is 19.1. The molecule has 0 aliphatic heterocycles. The second kappa shape index (κ2) is 17.3. The summed E-state index contributed by atoms with van der Waals surface area (Å²) in [5.74, 6) is -1.69. The van der Waals surface area contributed by atoms with Gasteiger partial charge in [-0.15, -0.1) is 0 Å². The van der Waals surface area contributed by atoms with Crippen LogP contribution >= 0.6 is 0 Å². The average Bonchev–Trinajstić information content (AvgIpc) is 2.65. The number of aliphatic carboxylic acids is 1. The van der Waals surface area contributed by atoms with Crippen LogP contribution in [0.3, 0.4) is 0 Å². The maximum Gasteiger partial charge on any atom is 0.307 e. The first-order valence-corrected chi connectivity index (χ1v) is 12.2. The summed E-state index contributed by atoms with van der Waals surface area (Å²) in [7, 11) is 5.47. The number of likely N-dealkylation sites (N-methyl/N-ethyl adjacent to an activating group) is 1. The Morgan fingerprint density at radius 3 is 1.58 bits per heavy atom. The van der Waals surface area contributed by atoms with Gasteiger partial charge in [0.15, 0.2) is 11.4 Å². The number of ketones is 1. The van der Waals surface area contributed by atoms with E-state index < -0.39 is 23.8 Å². The van der Waals surface area contributed by atoms with Gasteiger partial charge in [0.25, 0.3) is 0 Å². The molecule has 1 atom stereocenters. The van der Waals surface area contributed by atoms with Gasteiger partial charge in [0, 0.05) is 6.61 Å². The quantitative estimate of drug-likeness (QED) is 0.138. The summed E-state index contributed by atoms with van der Waals surface area (Å²) in [4.78, 5) is 23.5. The maximum absolute atomic E-state index is 12.4. The lowest BCUT2D eigenvalue weighted by molar-refractivity contribution is -0.875. The molecule has 0 bridgehead atoms. The molecule has 1 unspecified atom stereocenters. The highest BCUT2D eigenvalue weighted by atomic mass is 16.4. The van der Waals surface area contributed by atoms with E-state index in [0.29, 0.717) is 11.1 Å². The summed E-state index contributed by atoms with van der Waals surface area (Å²) in [5, 5.41) is 28.4. The molecule has 0 amide bonds. The van der Waals surface area contributed by atoms with Crippen molar-refractivity contribution in [1.82, 2.24) is 0 Å². The van der Waals surface area contributed by atoms with Gasteiger partial charge in [-0.3, -0.25) is 9.59 Å². The highest BCUT2D eigenvalue weighted by Gasteiger charge is 2.41. The fraction of sp³-hybridized carbons (Fsp3) is 0.840. The topological polar surface area (TPSA) is 94.8 Å². The van der Waals surface area contributed by atoms with Crippen LogP contribution in [0.25, 0.3) is 0 Å². The van der Waals surface area contributed by atoms with Crippen molar-refractivity contribution in [3.8, 4) is 0 Å². The van der Waals surface area contributed by atoms with Crippen LogP contribution in [-0.4, -0.2) is 71.5 Å². The van der Waals surface area contributed by atoms with Gasteiger partial charge in [-0.05, 0) is 25.3 Å². The lowest BCUT2D eigenvalue weighted by Crippen LogP contribution is -2.54. The Balaban J connectivity index is 3.83. The minimum atomic E-state index is -1.86. The third-order valence-electron chi connectivity index (χ3n) is 5.44. The zero-order valence-corrected chi connectivity index (χ0v) is 20.3. The predicted molar refractivity (Wildman–Crippen MR) is 126 cm³/mol. The highest BCUT2D eigenvalue weighted by Crippen LogP contribution is 2.18. The van der Waals surface area contributed by atoms with Crippen LogP contribution in [0.15, 0.2) is 12.2 Å². The molecule has 0 spiro atoms. The molecule has 0 radical (unpaired) electrons. The largest absolute Gasteiger partial charge is 0.481 e. The molecular weight excluding hydrogens is 394 g/mol. The Kier molecular flexibility index (Phi) is 16.6. The van der Waals surface area contributed by atoms with E-state index in [1.165, 1.54) is 63.9 Å². The Labute approximate surface area is 189 Å². The number of quaternary nitrogens is 1. The van der Waals surface area contributed by atoms with Crippen molar-refractivity contribution in [2.24, 2.45) is 0 Å². The fourth-order valence-electron chi connectivity index (χ4n) is 3.92. The van der Waals surface area contributed by atoms with Gasteiger partial charge in [0.05, 0.1) is 27.6 Å². The number of carboxylic acids is 1. The number of hydrogen-bond donors (Lipinski definition) is 3. The molecule has 0 aromatic heterocycles. The molecular formula is C25H48NO5+. The number of aliphatic hydroxyl groups is 2. The van der Waals surface area contributed by atoms with Gasteiger partial charge < -0.3 is 19.8 Å². The van der Waals surface area contributed by atoms with Crippen LogP contribution in [0.1, 0.15) is 96.3 Å². The van der Waals surface area contributed by atoms with Crippen molar-refractivity contribution in [3.63, 3.8) is 0 Å². The van der Waals surface area contributed by atoms with Crippen molar-refractivity contribution < 1.29 is 29.4 Å². The van der Waals surface area contributed by atoms with Crippen LogP contribution in [0.2, 0.25) is 0 Å². The molecule has 0 aromatic carbocycles. The zero-order chi connectivity index (χ0) is 23.6. The van der Waals surface area contributed by atoms with E-state index in [4.69, 9.17) is 10.2 Å². The Hall–Kier alpha value is -1.24. The normalized spacial score (nSPS) is 14.1. The molecule has 31 heavy (non-hydrogen) atoms. The van der Waals surface area contributed by atoms with E-state index in [1.54, 1.807) is 6.08 Å². The van der Waals surface area contributed by atoms with Crippen LogP contribution in [0, 0.1) is 0 Å². The SMILES string of the molecule is C[N+](C)(C)CC(O)(CC(=O)O)C(=O)C=CCCCCCCCCCCCCCCCO. The van der Waals surface area contributed by atoms with Gasteiger partial charge in [-0.25, -0.2) is 0 Å². The molecule has 0 aliphatic carbocycles. The smallest absolute Gasteiger partial charge is 0.307 e. The van der Waals surface area contributed by atoms with Crippen molar-refractivity contribution in [1.29, 1.82) is 0 Å². The molecule has 0 aliphatic rings. The van der Waals surface area contributed by atoms with Crippen molar-refractivity contribution >= 4 is 11.8 Å². The number of nitrogens with zero attached hydrogens (tertiary/aromatic N) is 1. The van der Waals surface area contributed by atoms with Crippen molar-refractivity contribution in [3.05, 3.63) is 12.2 Å². The third kappa shape index (κ3) is 18.1. The third-order valence-corrected chi connectivity index (χ3v) is 5.44. The van der Waals surface area contributed by atoms with E-state index >= 15 is 0 Å². The van der Waals surface area contributed by atoms with Gasteiger partial charge >= 0.3 is 5.97 Å². The van der Waals surface area contributed by atoms with Crippen LogP contribution in [0.4, 0.5) is 0 Å². The number of unbranched alkanes of at least 4 members (excludes halogenated alkanes) is 13. The number of allylic oxidation sites excluding steroid dienone is 1. The molecule has 6 nitrogen and oxygen atoms in total. The lowest BCUT2D eigenvalue weighted by Gasteiger charge is -2.33. The first-order chi connectivity index (χ1) is 14.6. The van der Waals surface area contributed by atoms with E-state index in [9.17, 15) is 14.7 Å². The van der Waals surface area contributed by atoms with E-state index in [-0.39, 0.29) is 6.54 Å². The van der Waals surface area contributed by atoms with Crippen LogP contribution < -0.4 is 0 Å². The second-order valence-corrected chi connectivity index (χ2v) is 9.93. The van der Waals surface area contributed by atoms with E-state index in [1.807, 2.05) is 21.1 Å². The Morgan fingerprint density at radius 2 is 1.19 bits per heavy atom. The molecule has 6 heteroatoms. The first kappa shape index (κ1) is 29.8. The fourth-order valence-corrected chi connectivity index (χ4v) is 3.92. The maximum atomic E-state index is 12.4. The average molecular weight is 443 g/mol. The molecule has 0 saturated heterocycles. The van der Waals surface area contributed by atoms with Gasteiger partial charge in [0.2, 0.25) is 0 Å². The van der Waals surface area contributed by atoms with Crippen LogP contribution in [-0.2, 0) is 9.59 Å². The Bertz CT molecular complexity index is 513. The summed E-state index contributed by atoms with van der Waals surface area (Å²) in [6, 6.07) is 0. The first-order valence-electron chi connectivity index (χ1n) is 12.2. The predicted octanol–water partition coefficient (Wildman–Crippen LogP) is 4.48. The number of rotatable bonds is 21. The minimum Gasteiger partial charge on any atom is -0.481 e. The highest BCUT2D eigenvalue weighted by molar-refractivity contribution is 5.99. The number of carboxylic acid groups (broad SMARTS) is 1. The van der Waals surface area contributed by atoms with Gasteiger partial charge in [-0.1, -0.05) is 76.7 Å². The second-order valence-electron chi connectivity index (χ2n) is 9.93. The summed E-state index contributed by atoms with van der Waals surface area (Å²) >= 11 is 0. The molecule has 0 fully saturated rings. The van der Waals surface area contributed by atoms with Crippen molar-refractivity contribution in [2.75, 3.05) is 34.3 Å². The molecule has 3 N–H and O–H groups in total. The summed E-state index contributed by atoms with van der Waals surface area (Å²) < 4.78 is 0.313. The molecule has 0 rings (SSSR count). The summed E-state index contributed by atoms with van der Waals surface area (Å²) in [5.41, 5.74) is -1.86. The van der Waals surface area contributed by atoms with Crippen molar-refractivity contribution in [2.45, 2.75) is 102 Å². The molecule has 0 aromatic rings. The molecule has 0 heterocycles. The standard InChI is InChI=1S/C25H47NO5/c1-26(2,3)22-25(31,21-24(29)30)23(28)19-17-15-13-11-9-7-5-4-6-8-10-12-14-16-18-20-27/h17,19,27,31H,4-16,18,20-22H2,1-3H3/p+1. The number of carbonyl (C=O) groups is 2. The van der Waals surface area contributed by atoms with E-state index in [0.717, 1.165) is 32.1 Å². The Morgan fingerprint density at radius 1 is 0.774 bits per heavy atom. The number of carbonyl (C=O) groups excluding carboxylic acids is 1. The number of aliphatic hydroxyl groups excluding tert-OH is 1. The van der Waals surface area contributed by atoms with Crippen LogP contribution in [0.5, 0.6) is 0 Å². The monoisotopic (exact) mass is 442 g/mol. The van der Waals surface area contributed by atoms with Gasteiger partial charge in [-0.2, -0.15) is 0 Å². The molecule has 182 valence electrons. The van der Waals surface area contributed by atoms with E-state index in [2.05, 4.69) is 0 Å².